The van der Waals surface area contributed by atoms with E-state index in [-0.39, 0.29) is 11.4 Å². The van der Waals surface area contributed by atoms with Gasteiger partial charge in [-0.3, -0.25) is 14.7 Å². The molecule has 0 unspecified atom stereocenters. The fourth-order valence-corrected chi connectivity index (χ4v) is 5.69. The smallest absolute Gasteiger partial charge is 0.244 e. The Labute approximate surface area is 201 Å². The first-order chi connectivity index (χ1) is 16.3. The van der Waals surface area contributed by atoms with E-state index in [0.29, 0.717) is 22.1 Å². The Hall–Kier alpha value is -3.50. The first-order valence-corrected chi connectivity index (χ1v) is 12.8. The Morgan fingerprint density at radius 2 is 1.71 bits per heavy atom. The van der Waals surface area contributed by atoms with Gasteiger partial charge in [-0.2, -0.15) is 0 Å². The van der Waals surface area contributed by atoms with E-state index in [2.05, 4.69) is 9.97 Å². The number of hydrogen-bond donors (Lipinski definition) is 0. The minimum Gasteiger partial charge on any atom is -0.497 e. The Kier molecular flexibility index (Phi) is 6.80. The number of fused-ring (bicyclic) bond motifs is 1. The molecule has 4 rings (SSSR count). The number of benzene rings is 2. The summed E-state index contributed by atoms with van der Waals surface area (Å²) >= 11 is 1.32. The van der Waals surface area contributed by atoms with Crippen LogP contribution >= 0.6 is 11.3 Å². The van der Waals surface area contributed by atoms with E-state index in [0.717, 1.165) is 15.8 Å². The molecule has 176 valence electrons. The molecule has 0 aliphatic carbocycles. The minimum atomic E-state index is -3.89. The number of anilines is 1. The van der Waals surface area contributed by atoms with Gasteiger partial charge in [0, 0.05) is 12.4 Å². The molecule has 0 saturated heterocycles. The summed E-state index contributed by atoms with van der Waals surface area (Å²) in [7, 11) is -0.829. The maximum atomic E-state index is 13.4. The molecule has 0 saturated carbocycles. The van der Waals surface area contributed by atoms with Gasteiger partial charge in [-0.25, -0.2) is 13.4 Å². The van der Waals surface area contributed by atoms with Crippen LogP contribution in [0.15, 0.2) is 65.8 Å². The number of rotatable bonds is 8. The fourth-order valence-electron chi connectivity index (χ4n) is 3.42. The summed E-state index contributed by atoms with van der Waals surface area (Å²) < 4.78 is 37.4. The number of thiazole rings is 1. The predicted octanol–water partition coefficient (Wildman–Crippen LogP) is 4.02. The second kappa shape index (κ2) is 9.78. The normalized spacial score (nSPS) is 11.4. The number of pyridine rings is 1. The van der Waals surface area contributed by atoms with Gasteiger partial charge < -0.3 is 9.47 Å². The zero-order valence-electron chi connectivity index (χ0n) is 18.9. The third-order valence-corrected chi connectivity index (χ3v) is 8.10. The van der Waals surface area contributed by atoms with E-state index in [1.54, 1.807) is 43.8 Å². The molecule has 0 aliphatic rings. The molecule has 2 aromatic heterocycles. The van der Waals surface area contributed by atoms with Crippen LogP contribution in [-0.2, 0) is 21.2 Å². The predicted molar refractivity (Wildman–Crippen MR) is 131 cm³/mol. The van der Waals surface area contributed by atoms with Crippen LogP contribution in [0.25, 0.3) is 10.2 Å². The van der Waals surface area contributed by atoms with Crippen molar-refractivity contribution >= 4 is 42.4 Å². The molecule has 1 amide bonds. The first kappa shape index (κ1) is 23.7. The van der Waals surface area contributed by atoms with E-state index in [4.69, 9.17) is 9.47 Å². The molecule has 4 aromatic rings. The number of methoxy groups -OCH3 is 2. The van der Waals surface area contributed by atoms with Gasteiger partial charge in [0.05, 0.1) is 30.4 Å². The van der Waals surface area contributed by atoms with E-state index in [1.807, 2.05) is 19.1 Å². The highest BCUT2D eigenvalue weighted by atomic mass is 32.2. The summed E-state index contributed by atoms with van der Waals surface area (Å²) in [5.41, 5.74) is 2.42. The molecule has 2 heterocycles. The van der Waals surface area contributed by atoms with Gasteiger partial charge in [-0.1, -0.05) is 17.4 Å². The van der Waals surface area contributed by atoms with Crippen molar-refractivity contribution in [1.29, 1.82) is 0 Å². The number of aromatic nitrogens is 2. The molecule has 0 N–H and O–H groups in total. The summed E-state index contributed by atoms with van der Waals surface area (Å²) in [6, 6.07) is 13.3. The van der Waals surface area contributed by atoms with E-state index >= 15 is 0 Å². The molecular weight excluding hydrogens is 474 g/mol. The van der Waals surface area contributed by atoms with Gasteiger partial charge in [-0.15, -0.1) is 0 Å². The monoisotopic (exact) mass is 497 g/mol. The summed E-state index contributed by atoms with van der Waals surface area (Å²) in [6.07, 6.45) is 3.25. The maximum absolute atomic E-state index is 13.4. The molecule has 8 nitrogen and oxygen atoms in total. The van der Waals surface area contributed by atoms with Crippen LogP contribution in [0.5, 0.6) is 11.5 Å². The maximum Gasteiger partial charge on any atom is 0.244 e. The fraction of sp³-hybridized carbons (Fsp3) is 0.208. The Morgan fingerprint density at radius 1 is 1.00 bits per heavy atom. The topological polar surface area (TPSA) is 98.7 Å². The number of nitrogens with zero attached hydrogens (tertiary/aromatic N) is 3. The zero-order chi connectivity index (χ0) is 24.3. The molecular formula is C24H23N3O5S2. The molecule has 0 atom stereocenters. The van der Waals surface area contributed by atoms with Crippen LogP contribution in [0.3, 0.4) is 0 Å². The second-order valence-electron chi connectivity index (χ2n) is 7.53. The van der Waals surface area contributed by atoms with Crippen molar-refractivity contribution in [2.24, 2.45) is 0 Å². The van der Waals surface area contributed by atoms with Crippen LogP contribution < -0.4 is 14.4 Å². The van der Waals surface area contributed by atoms with Crippen LogP contribution in [0.2, 0.25) is 0 Å². The van der Waals surface area contributed by atoms with Gasteiger partial charge in [0.1, 0.15) is 22.8 Å². The highest BCUT2D eigenvalue weighted by molar-refractivity contribution is 7.92. The Morgan fingerprint density at radius 3 is 2.35 bits per heavy atom. The SMILES string of the molecule is COc1ccc(S(=O)(=O)CC(=O)N(Cc2ccncc2)c2nc3c(OC)ccc(C)c3s2)cc1. The summed E-state index contributed by atoms with van der Waals surface area (Å²) in [4.78, 5) is 23.5. The van der Waals surface area contributed by atoms with Crippen LogP contribution in [0.1, 0.15) is 11.1 Å². The Balaban J connectivity index is 1.72. The van der Waals surface area contributed by atoms with E-state index in [1.165, 1.54) is 35.5 Å². The van der Waals surface area contributed by atoms with Crippen molar-refractivity contribution in [2.45, 2.75) is 18.4 Å². The number of carbonyl (C=O) groups is 1. The molecule has 0 bridgehead atoms. The second-order valence-corrected chi connectivity index (χ2v) is 10.5. The third kappa shape index (κ3) is 4.87. The van der Waals surface area contributed by atoms with Crippen molar-refractivity contribution < 1.29 is 22.7 Å². The van der Waals surface area contributed by atoms with Gasteiger partial charge in [0.2, 0.25) is 5.91 Å². The van der Waals surface area contributed by atoms with Crippen LogP contribution in [0, 0.1) is 6.92 Å². The van der Waals surface area contributed by atoms with Gasteiger partial charge in [-0.05, 0) is 60.5 Å². The summed E-state index contributed by atoms with van der Waals surface area (Å²) in [6.45, 7) is 2.10. The number of ether oxygens (including phenoxy) is 2. The molecule has 0 aliphatic heterocycles. The third-order valence-electron chi connectivity index (χ3n) is 5.27. The lowest BCUT2D eigenvalue weighted by Crippen LogP contribution is -2.35. The number of amides is 1. The molecule has 0 spiro atoms. The number of hydrogen-bond acceptors (Lipinski definition) is 8. The highest BCUT2D eigenvalue weighted by Crippen LogP contribution is 2.37. The van der Waals surface area contributed by atoms with Crippen LogP contribution in [0.4, 0.5) is 5.13 Å². The van der Waals surface area contributed by atoms with Crippen molar-refractivity contribution in [1.82, 2.24) is 9.97 Å². The Bertz CT molecular complexity index is 1420. The molecule has 2 aromatic carbocycles. The number of aryl methyl sites for hydroxylation is 1. The lowest BCUT2D eigenvalue weighted by Gasteiger charge is -2.20. The molecule has 0 fully saturated rings. The van der Waals surface area contributed by atoms with Crippen molar-refractivity contribution in [2.75, 3.05) is 24.9 Å². The summed E-state index contributed by atoms with van der Waals surface area (Å²) in [5.74, 6) is -0.159. The minimum absolute atomic E-state index is 0.0484. The van der Waals surface area contributed by atoms with Crippen molar-refractivity contribution in [3.63, 3.8) is 0 Å². The lowest BCUT2D eigenvalue weighted by molar-refractivity contribution is -0.116. The first-order valence-electron chi connectivity index (χ1n) is 10.3. The van der Waals surface area contributed by atoms with E-state index < -0.39 is 21.5 Å². The molecule has 10 heteroatoms. The van der Waals surface area contributed by atoms with Crippen molar-refractivity contribution in [3.05, 3.63) is 72.1 Å². The van der Waals surface area contributed by atoms with Crippen LogP contribution in [-0.4, -0.2) is 44.3 Å². The number of sulfone groups is 1. The highest BCUT2D eigenvalue weighted by Gasteiger charge is 2.27. The van der Waals surface area contributed by atoms with Gasteiger partial charge in [0.15, 0.2) is 15.0 Å². The zero-order valence-corrected chi connectivity index (χ0v) is 20.5. The average molecular weight is 498 g/mol. The van der Waals surface area contributed by atoms with Crippen molar-refractivity contribution in [3.8, 4) is 11.5 Å². The van der Waals surface area contributed by atoms with E-state index in [9.17, 15) is 13.2 Å². The largest absolute Gasteiger partial charge is 0.497 e. The summed E-state index contributed by atoms with van der Waals surface area (Å²) in [5, 5.41) is 0.398. The number of carbonyl (C=O) groups excluding carboxylic acids is 1. The quantitative estimate of drug-likeness (QED) is 0.362. The lowest BCUT2D eigenvalue weighted by atomic mass is 10.2. The molecule has 0 radical (unpaired) electrons. The average Bonchev–Trinajstić information content (AvgIpc) is 3.29. The standard InChI is InChI=1S/C24H23N3O5S2/c1-16-4-9-20(32-3)22-23(16)33-24(26-22)27(14-17-10-12-25-13-11-17)21(28)15-34(29,30)19-7-5-18(31-2)6-8-19/h4-13H,14-15H2,1-3H3. The van der Waals surface area contributed by atoms with Gasteiger partial charge >= 0.3 is 0 Å². The molecule has 34 heavy (non-hydrogen) atoms. The van der Waals surface area contributed by atoms with Gasteiger partial charge in [0.25, 0.3) is 0 Å².